The zero-order valence-electron chi connectivity index (χ0n) is 9.76. The van der Waals surface area contributed by atoms with Crippen LogP contribution in [-0.2, 0) is 0 Å². The van der Waals surface area contributed by atoms with Crippen molar-refractivity contribution in [3.63, 3.8) is 0 Å². The molecule has 92 valence electrons. The van der Waals surface area contributed by atoms with Gasteiger partial charge in [-0.15, -0.1) is 0 Å². The van der Waals surface area contributed by atoms with Crippen molar-refractivity contribution < 1.29 is 13.9 Å². The Bertz CT molecular complexity index is 170. The summed E-state index contributed by atoms with van der Waals surface area (Å²) in [4.78, 5) is 1.53. The lowest BCUT2D eigenvalue weighted by Crippen LogP contribution is -2.54. The van der Waals surface area contributed by atoms with E-state index in [9.17, 15) is 13.9 Å². The minimum Gasteiger partial charge on any atom is -0.394 e. The van der Waals surface area contributed by atoms with Gasteiger partial charge in [0.2, 0.25) is 0 Å². The van der Waals surface area contributed by atoms with Crippen LogP contribution in [0.2, 0.25) is 0 Å². The molecule has 0 aliphatic heterocycles. The first-order valence-corrected chi connectivity index (χ1v) is 5.26. The highest BCUT2D eigenvalue weighted by Crippen LogP contribution is 2.06. The predicted octanol–water partition coefficient (Wildman–Crippen LogP) is 0.934. The second kappa shape index (κ2) is 7.09. The van der Waals surface area contributed by atoms with Gasteiger partial charge in [-0.05, 0) is 26.9 Å². The highest BCUT2D eigenvalue weighted by molar-refractivity contribution is 4.85. The SMILES string of the molecule is CCCNC(C)(CO)CN(C)CC(F)F. The summed E-state index contributed by atoms with van der Waals surface area (Å²) < 4.78 is 24.2. The monoisotopic (exact) mass is 224 g/mol. The van der Waals surface area contributed by atoms with E-state index in [0.29, 0.717) is 6.54 Å². The molecule has 0 saturated carbocycles. The average molecular weight is 224 g/mol. The Labute approximate surface area is 90.5 Å². The molecular formula is C10H22F2N2O. The van der Waals surface area contributed by atoms with Crippen molar-refractivity contribution in [2.24, 2.45) is 0 Å². The Hall–Kier alpha value is -0.260. The topological polar surface area (TPSA) is 35.5 Å². The van der Waals surface area contributed by atoms with E-state index in [1.165, 1.54) is 4.90 Å². The number of nitrogens with zero attached hydrogens (tertiary/aromatic N) is 1. The Balaban J connectivity index is 4.05. The summed E-state index contributed by atoms with van der Waals surface area (Å²) in [5, 5.41) is 12.4. The maximum absolute atomic E-state index is 12.1. The molecule has 3 nitrogen and oxygen atoms in total. The molecule has 0 heterocycles. The van der Waals surface area contributed by atoms with E-state index in [1.807, 2.05) is 13.8 Å². The van der Waals surface area contributed by atoms with E-state index in [1.54, 1.807) is 7.05 Å². The second-order valence-electron chi connectivity index (χ2n) is 4.23. The van der Waals surface area contributed by atoms with Gasteiger partial charge in [0, 0.05) is 6.54 Å². The lowest BCUT2D eigenvalue weighted by Gasteiger charge is -2.33. The summed E-state index contributed by atoms with van der Waals surface area (Å²) in [6.45, 7) is 4.73. The fraction of sp³-hybridized carbons (Fsp3) is 1.00. The highest BCUT2D eigenvalue weighted by Gasteiger charge is 2.24. The molecule has 0 aromatic carbocycles. The van der Waals surface area contributed by atoms with E-state index in [4.69, 9.17) is 0 Å². The fourth-order valence-corrected chi connectivity index (χ4v) is 1.48. The number of likely N-dealkylation sites (N-methyl/N-ethyl adjacent to an activating group) is 1. The zero-order chi connectivity index (χ0) is 11.9. The van der Waals surface area contributed by atoms with Gasteiger partial charge in [0.15, 0.2) is 0 Å². The molecule has 0 radical (unpaired) electrons. The number of halogens is 2. The molecule has 0 bridgehead atoms. The maximum Gasteiger partial charge on any atom is 0.251 e. The van der Waals surface area contributed by atoms with Gasteiger partial charge in [-0.2, -0.15) is 0 Å². The van der Waals surface area contributed by atoms with Crippen LogP contribution in [0.4, 0.5) is 8.78 Å². The largest absolute Gasteiger partial charge is 0.394 e. The summed E-state index contributed by atoms with van der Waals surface area (Å²) in [6, 6.07) is 0. The number of hydrogen-bond donors (Lipinski definition) is 2. The van der Waals surface area contributed by atoms with E-state index in [0.717, 1.165) is 13.0 Å². The third kappa shape index (κ3) is 6.76. The van der Waals surface area contributed by atoms with Crippen molar-refractivity contribution in [1.82, 2.24) is 10.2 Å². The second-order valence-corrected chi connectivity index (χ2v) is 4.23. The molecule has 0 fully saturated rings. The van der Waals surface area contributed by atoms with Crippen LogP contribution in [0.15, 0.2) is 0 Å². The van der Waals surface area contributed by atoms with Gasteiger partial charge in [-0.3, -0.25) is 4.90 Å². The molecule has 0 rings (SSSR count). The van der Waals surface area contributed by atoms with Crippen LogP contribution in [0, 0.1) is 0 Å². The van der Waals surface area contributed by atoms with Crippen molar-refractivity contribution in [3.8, 4) is 0 Å². The van der Waals surface area contributed by atoms with Crippen LogP contribution in [0.3, 0.4) is 0 Å². The zero-order valence-corrected chi connectivity index (χ0v) is 9.76. The number of aliphatic hydroxyl groups excluding tert-OH is 1. The molecule has 0 aromatic rings. The Morgan fingerprint density at radius 2 is 2.07 bits per heavy atom. The van der Waals surface area contributed by atoms with Crippen LogP contribution < -0.4 is 5.32 Å². The fourth-order valence-electron chi connectivity index (χ4n) is 1.48. The van der Waals surface area contributed by atoms with E-state index in [-0.39, 0.29) is 13.2 Å². The van der Waals surface area contributed by atoms with Crippen LogP contribution in [0.25, 0.3) is 0 Å². The predicted molar refractivity (Wildman–Crippen MR) is 57.3 cm³/mol. The molecule has 2 N–H and O–H groups in total. The normalized spacial score (nSPS) is 16.0. The standard InChI is InChI=1S/C10H22F2N2O/c1-4-5-13-10(2,8-15)7-14(3)6-9(11)12/h9,13,15H,4-8H2,1-3H3. The molecule has 15 heavy (non-hydrogen) atoms. The number of aliphatic hydroxyl groups is 1. The molecular weight excluding hydrogens is 202 g/mol. The molecule has 0 aromatic heterocycles. The minimum atomic E-state index is -2.33. The molecule has 0 saturated heterocycles. The summed E-state index contributed by atoms with van der Waals surface area (Å²) in [5.74, 6) is 0. The molecule has 0 amide bonds. The van der Waals surface area contributed by atoms with E-state index >= 15 is 0 Å². The van der Waals surface area contributed by atoms with E-state index in [2.05, 4.69) is 5.32 Å². The van der Waals surface area contributed by atoms with Gasteiger partial charge >= 0.3 is 0 Å². The third-order valence-electron chi connectivity index (χ3n) is 2.22. The van der Waals surface area contributed by atoms with Gasteiger partial charge in [-0.25, -0.2) is 8.78 Å². The highest BCUT2D eigenvalue weighted by atomic mass is 19.3. The molecule has 1 unspecified atom stereocenters. The van der Waals surface area contributed by atoms with Crippen molar-refractivity contribution in [3.05, 3.63) is 0 Å². The van der Waals surface area contributed by atoms with Crippen LogP contribution in [0.5, 0.6) is 0 Å². The van der Waals surface area contributed by atoms with Crippen molar-refractivity contribution in [2.45, 2.75) is 32.2 Å². The molecule has 5 heteroatoms. The minimum absolute atomic E-state index is 0.0550. The van der Waals surface area contributed by atoms with Gasteiger partial charge < -0.3 is 10.4 Å². The summed E-state index contributed by atoms with van der Waals surface area (Å²) in [7, 11) is 1.63. The Morgan fingerprint density at radius 1 is 1.47 bits per heavy atom. The number of rotatable bonds is 8. The molecule has 0 aliphatic rings. The van der Waals surface area contributed by atoms with Gasteiger partial charge in [-0.1, -0.05) is 6.92 Å². The number of nitrogens with one attached hydrogen (secondary N) is 1. The van der Waals surface area contributed by atoms with Crippen molar-refractivity contribution in [2.75, 3.05) is 33.3 Å². The van der Waals surface area contributed by atoms with Gasteiger partial charge in [0.25, 0.3) is 6.43 Å². The van der Waals surface area contributed by atoms with Crippen LogP contribution in [0.1, 0.15) is 20.3 Å². The number of alkyl halides is 2. The first kappa shape index (κ1) is 14.7. The van der Waals surface area contributed by atoms with Gasteiger partial charge in [0.1, 0.15) is 0 Å². The van der Waals surface area contributed by atoms with Crippen LogP contribution in [-0.4, -0.2) is 55.3 Å². The average Bonchev–Trinajstić information content (AvgIpc) is 2.13. The maximum atomic E-state index is 12.1. The Kier molecular flexibility index (Phi) is 6.96. The molecule has 0 aliphatic carbocycles. The van der Waals surface area contributed by atoms with Crippen LogP contribution >= 0.6 is 0 Å². The molecule has 1 atom stereocenters. The Morgan fingerprint density at radius 3 is 2.47 bits per heavy atom. The number of hydrogen-bond acceptors (Lipinski definition) is 3. The quantitative estimate of drug-likeness (QED) is 0.644. The van der Waals surface area contributed by atoms with E-state index < -0.39 is 12.0 Å². The van der Waals surface area contributed by atoms with Crippen molar-refractivity contribution in [1.29, 1.82) is 0 Å². The summed E-state index contributed by atoms with van der Waals surface area (Å²) >= 11 is 0. The first-order valence-electron chi connectivity index (χ1n) is 5.26. The van der Waals surface area contributed by atoms with Gasteiger partial charge in [0.05, 0.1) is 18.7 Å². The van der Waals surface area contributed by atoms with Crippen molar-refractivity contribution >= 4 is 0 Å². The third-order valence-corrected chi connectivity index (χ3v) is 2.22. The first-order chi connectivity index (χ1) is 6.93. The molecule has 0 spiro atoms. The summed E-state index contributed by atoms with van der Waals surface area (Å²) in [6.07, 6.45) is -1.38. The smallest absolute Gasteiger partial charge is 0.251 e. The lowest BCUT2D eigenvalue weighted by molar-refractivity contribution is 0.0720. The lowest BCUT2D eigenvalue weighted by atomic mass is 10.0. The summed E-state index contributed by atoms with van der Waals surface area (Å²) in [5.41, 5.74) is -0.500.